The van der Waals surface area contributed by atoms with E-state index in [0.29, 0.717) is 5.57 Å². The number of nitrogens with one attached hydrogen (secondary N) is 2. The summed E-state index contributed by atoms with van der Waals surface area (Å²) in [6.45, 7) is 3.45. The minimum atomic E-state index is -0.871. The monoisotopic (exact) mass is 264 g/mol. The van der Waals surface area contributed by atoms with E-state index >= 15 is 0 Å². The number of allylic oxidation sites excluding steroid dienone is 4. The zero-order valence-electron chi connectivity index (χ0n) is 10.8. The predicted octanol–water partition coefficient (Wildman–Crippen LogP) is 0.816. The number of hydrogen-bond acceptors (Lipinski definition) is 4. The molecule has 6 nitrogen and oxygen atoms in total. The summed E-state index contributed by atoms with van der Waals surface area (Å²) in [5.41, 5.74) is 0.408. The summed E-state index contributed by atoms with van der Waals surface area (Å²) in [4.78, 5) is 34.2. The molecular formula is C13H16N2O4. The van der Waals surface area contributed by atoms with Gasteiger partial charge in [0.15, 0.2) is 0 Å². The molecule has 1 fully saturated rings. The Morgan fingerprint density at radius 2 is 2.11 bits per heavy atom. The normalized spacial score (nSPS) is 20.5. The second kappa shape index (κ2) is 7.15. The molecule has 0 spiro atoms. The zero-order chi connectivity index (χ0) is 14.3. The molecule has 6 heteroatoms. The highest BCUT2D eigenvalue weighted by atomic mass is 16.6. The van der Waals surface area contributed by atoms with Gasteiger partial charge in [-0.25, -0.2) is 4.79 Å². The first-order chi connectivity index (χ1) is 9.08. The number of ether oxygens (including phenoxy) is 1. The molecule has 1 unspecified atom stereocenters. The Balaban J connectivity index is 2.71. The van der Waals surface area contributed by atoms with Gasteiger partial charge < -0.3 is 10.1 Å². The van der Waals surface area contributed by atoms with Gasteiger partial charge >= 0.3 is 6.09 Å². The molecule has 0 aromatic heterocycles. The van der Waals surface area contributed by atoms with E-state index in [0.717, 1.165) is 0 Å². The molecule has 1 heterocycles. The van der Waals surface area contributed by atoms with Crippen molar-refractivity contribution in [1.29, 1.82) is 0 Å². The van der Waals surface area contributed by atoms with Crippen LogP contribution < -0.4 is 10.6 Å². The van der Waals surface area contributed by atoms with Gasteiger partial charge in [0.1, 0.15) is 12.6 Å². The Kier molecular flexibility index (Phi) is 5.53. The summed E-state index contributed by atoms with van der Waals surface area (Å²) < 4.78 is 4.65. The number of cyclic esters (lactones) is 1. The van der Waals surface area contributed by atoms with Crippen molar-refractivity contribution < 1.29 is 19.1 Å². The van der Waals surface area contributed by atoms with Gasteiger partial charge in [-0.05, 0) is 19.9 Å². The van der Waals surface area contributed by atoms with E-state index in [4.69, 9.17) is 0 Å². The van der Waals surface area contributed by atoms with Crippen LogP contribution in [0.2, 0.25) is 0 Å². The summed E-state index contributed by atoms with van der Waals surface area (Å²) in [5.74, 6) is -0.982. The summed E-state index contributed by atoms with van der Waals surface area (Å²) in [5, 5.41) is 4.48. The maximum atomic E-state index is 11.9. The first-order valence-electron chi connectivity index (χ1n) is 5.82. The van der Waals surface area contributed by atoms with Crippen molar-refractivity contribution in [2.45, 2.75) is 19.9 Å². The van der Waals surface area contributed by atoms with Gasteiger partial charge in [-0.3, -0.25) is 14.9 Å². The molecule has 1 saturated heterocycles. The van der Waals surface area contributed by atoms with E-state index in [9.17, 15) is 14.4 Å². The third-order valence-corrected chi connectivity index (χ3v) is 2.30. The Morgan fingerprint density at radius 3 is 2.68 bits per heavy atom. The lowest BCUT2D eigenvalue weighted by Gasteiger charge is -2.22. The molecule has 1 rings (SSSR count). The van der Waals surface area contributed by atoms with E-state index in [1.165, 1.54) is 0 Å². The average Bonchev–Trinajstić information content (AvgIpc) is 2.37. The summed E-state index contributed by atoms with van der Waals surface area (Å²) in [6.07, 6.45) is 7.68. The Labute approximate surface area is 111 Å². The second-order valence-electron chi connectivity index (χ2n) is 3.76. The summed E-state index contributed by atoms with van der Waals surface area (Å²) in [7, 11) is 0. The van der Waals surface area contributed by atoms with Gasteiger partial charge in [-0.2, -0.15) is 0 Å². The minimum absolute atomic E-state index is 0.164. The van der Waals surface area contributed by atoms with E-state index in [1.54, 1.807) is 37.3 Å². The molecule has 0 aromatic rings. The van der Waals surface area contributed by atoms with Crippen molar-refractivity contribution in [2.24, 2.45) is 0 Å². The molecule has 0 aromatic carbocycles. The molecule has 1 aliphatic rings. The number of amides is 3. The molecule has 2 N–H and O–H groups in total. The van der Waals surface area contributed by atoms with Crippen molar-refractivity contribution in [3.05, 3.63) is 36.0 Å². The Morgan fingerprint density at radius 1 is 1.37 bits per heavy atom. The van der Waals surface area contributed by atoms with Gasteiger partial charge in [-0.15, -0.1) is 0 Å². The molecule has 0 aliphatic carbocycles. The molecule has 1 aliphatic heterocycles. The Bertz CT molecular complexity index is 463. The lowest BCUT2D eigenvalue weighted by atomic mass is 10.1. The van der Waals surface area contributed by atoms with Gasteiger partial charge in [0.25, 0.3) is 11.8 Å². The van der Waals surface area contributed by atoms with E-state index in [-0.39, 0.29) is 6.61 Å². The third kappa shape index (κ3) is 4.42. The highest BCUT2D eigenvalue weighted by Crippen LogP contribution is 2.02. The van der Waals surface area contributed by atoms with Crippen molar-refractivity contribution in [3.8, 4) is 0 Å². The molecule has 0 radical (unpaired) electrons. The summed E-state index contributed by atoms with van der Waals surface area (Å²) >= 11 is 0. The topological polar surface area (TPSA) is 84.5 Å². The largest absolute Gasteiger partial charge is 0.446 e. The summed E-state index contributed by atoms with van der Waals surface area (Å²) in [6, 6.07) is -0.871. The van der Waals surface area contributed by atoms with Crippen LogP contribution in [0.5, 0.6) is 0 Å². The number of rotatable bonds is 4. The quantitative estimate of drug-likeness (QED) is 0.581. The number of alkyl carbamates (subject to hydrolysis) is 1. The molecular weight excluding hydrogens is 248 g/mol. The average molecular weight is 264 g/mol. The van der Waals surface area contributed by atoms with Crippen LogP contribution in [0.15, 0.2) is 36.0 Å². The Hall–Kier alpha value is -2.37. The third-order valence-electron chi connectivity index (χ3n) is 2.30. The highest BCUT2D eigenvalue weighted by molar-refractivity contribution is 6.02. The molecule has 0 bridgehead atoms. The van der Waals surface area contributed by atoms with E-state index < -0.39 is 23.9 Å². The highest BCUT2D eigenvalue weighted by Gasteiger charge is 2.29. The molecule has 1 atom stereocenters. The first-order valence-corrected chi connectivity index (χ1v) is 5.82. The fourth-order valence-corrected chi connectivity index (χ4v) is 1.39. The van der Waals surface area contributed by atoms with Crippen LogP contribution in [0.3, 0.4) is 0 Å². The number of hydrogen-bond donors (Lipinski definition) is 2. The first kappa shape index (κ1) is 14.7. The molecule has 19 heavy (non-hydrogen) atoms. The van der Waals surface area contributed by atoms with E-state index in [1.807, 2.05) is 12.2 Å². The van der Waals surface area contributed by atoms with Gasteiger partial charge in [-0.1, -0.05) is 24.3 Å². The van der Waals surface area contributed by atoms with E-state index in [2.05, 4.69) is 10.1 Å². The SMILES string of the molecule is CC=C/C(=C\C=C/C)C(=O)NC1COC(=O)NC1=O. The predicted molar refractivity (Wildman–Crippen MR) is 69.1 cm³/mol. The smallest absolute Gasteiger partial charge is 0.413 e. The fourth-order valence-electron chi connectivity index (χ4n) is 1.39. The standard InChI is InChI=1S/C13H16N2O4/c1-3-5-7-9(6-4-2)11(16)14-10-8-19-13(18)15-12(10)17/h3-7,10H,8H2,1-2H3,(H,14,16)(H,15,17,18)/b5-3-,6-4?,9-7+. The lowest BCUT2D eigenvalue weighted by molar-refractivity contribution is -0.129. The van der Waals surface area contributed by atoms with Crippen LogP contribution in [0, 0.1) is 0 Å². The van der Waals surface area contributed by atoms with Crippen LogP contribution in [-0.2, 0) is 14.3 Å². The van der Waals surface area contributed by atoms with Crippen molar-refractivity contribution in [1.82, 2.24) is 10.6 Å². The van der Waals surface area contributed by atoms with Gasteiger partial charge in [0.2, 0.25) is 0 Å². The maximum Gasteiger partial charge on any atom is 0.413 e. The zero-order valence-corrected chi connectivity index (χ0v) is 10.8. The van der Waals surface area contributed by atoms with Crippen LogP contribution in [0.4, 0.5) is 4.79 Å². The van der Waals surface area contributed by atoms with Crippen LogP contribution >= 0.6 is 0 Å². The number of carbonyl (C=O) groups is 3. The maximum absolute atomic E-state index is 11.9. The van der Waals surface area contributed by atoms with Crippen molar-refractivity contribution in [2.75, 3.05) is 6.61 Å². The van der Waals surface area contributed by atoms with Crippen molar-refractivity contribution >= 4 is 17.9 Å². The lowest BCUT2D eigenvalue weighted by Crippen LogP contribution is -2.55. The number of carbonyl (C=O) groups excluding carboxylic acids is 3. The van der Waals surface area contributed by atoms with Crippen molar-refractivity contribution in [3.63, 3.8) is 0 Å². The molecule has 102 valence electrons. The second-order valence-corrected chi connectivity index (χ2v) is 3.76. The van der Waals surface area contributed by atoms with Gasteiger partial charge in [0.05, 0.1) is 0 Å². The van der Waals surface area contributed by atoms with Gasteiger partial charge in [0, 0.05) is 5.57 Å². The van der Waals surface area contributed by atoms with Crippen LogP contribution in [0.1, 0.15) is 13.8 Å². The van der Waals surface area contributed by atoms with Crippen LogP contribution in [0.25, 0.3) is 0 Å². The van der Waals surface area contributed by atoms with Crippen LogP contribution in [-0.4, -0.2) is 30.6 Å². The minimum Gasteiger partial charge on any atom is -0.446 e. The fraction of sp³-hybridized carbons (Fsp3) is 0.308. The molecule has 0 saturated carbocycles. The molecule has 3 amide bonds. The number of imide groups is 1.